The summed E-state index contributed by atoms with van der Waals surface area (Å²) in [5, 5.41) is 12.5. The van der Waals surface area contributed by atoms with Crippen LogP contribution < -0.4 is 0 Å². The molecule has 0 saturated carbocycles. The van der Waals surface area contributed by atoms with E-state index in [1.807, 2.05) is 42.7 Å². The number of aromatic hydroxyl groups is 1. The molecule has 0 aliphatic rings. The molecule has 0 amide bonds. The fourth-order valence-corrected chi connectivity index (χ4v) is 3.26. The Morgan fingerprint density at radius 2 is 2.00 bits per heavy atom. The van der Waals surface area contributed by atoms with E-state index in [0.29, 0.717) is 33.1 Å². The van der Waals surface area contributed by atoms with Crippen LogP contribution in [0, 0.1) is 0 Å². The van der Waals surface area contributed by atoms with Gasteiger partial charge in [-0.25, -0.2) is 4.98 Å². The molecule has 2 aromatic carbocycles. The van der Waals surface area contributed by atoms with Gasteiger partial charge in [-0.15, -0.1) is 0 Å². The first kappa shape index (κ1) is 17.9. The van der Waals surface area contributed by atoms with E-state index < -0.39 is 0 Å². The summed E-state index contributed by atoms with van der Waals surface area (Å²) < 4.78 is 1.71. The van der Waals surface area contributed by atoms with Gasteiger partial charge in [-0.2, -0.15) is 0 Å². The average Bonchev–Trinajstić information content (AvgIpc) is 2.91. The molecule has 0 spiro atoms. The SMILES string of the molecule is CSc1nc(C=Nc2cccc(Cl)c2)c(O)n1Cc1ccccc1Cl. The molecule has 4 nitrogen and oxygen atoms in total. The maximum Gasteiger partial charge on any atom is 0.221 e. The minimum atomic E-state index is 0.0510. The van der Waals surface area contributed by atoms with Gasteiger partial charge in [0.05, 0.1) is 18.4 Å². The minimum Gasteiger partial charge on any atom is -0.493 e. The Morgan fingerprint density at radius 1 is 1.20 bits per heavy atom. The van der Waals surface area contributed by atoms with E-state index in [2.05, 4.69) is 9.98 Å². The monoisotopic (exact) mass is 391 g/mol. The summed E-state index contributed by atoms with van der Waals surface area (Å²) in [6, 6.07) is 14.7. The molecular weight excluding hydrogens is 377 g/mol. The van der Waals surface area contributed by atoms with E-state index in [1.165, 1.54) is 18.0 Å². The van der Waals surface area contributed by atoms with Gasteiger partial charge in [-0.1, -0.05) is 59.2 Å². The number of benzene rings is 2. The molecule has 3 aromatic rings. The van der Waals surface area contributed by atoms with Crippen LogP contribution in [0.1, 0.15) is 11.3 Å². The van der Waals surface area contributed by atoms with Gasteiger partial charge in [-0.3, -0.25) is 9.56 Å². The zero-order valence-electron chi connectivity index (χ0n) is 13.4. The summed E-state index contributed by atoms with van der Waals surface area (Å²) in [5.41, 5.74) is 2.00. The number of imidazole rings is 1. The van der Waals surface area contributed by atoms with Crippen molar-refractivity contribution >= 4 is 46.9 Å². The lowest BCUT2D eigenvalue weighted by atomic mass is 10.2. The molecule has 25 heavy (non-hydrogen) atoms. The second kappa shape index (κ2) is 7.95. The van der Waals surface area contributed by atoms with Gasteiger partial charge in [0.2, 0.25) is 5.88 Å². The molecule has 0 atom stereocenters. The van der Waals surface area contributed by atoms with Crippen molar-refractivity contribution in [1.82, 2.24) is 9.55 Å². The van der Waals surface area contributed by atoms with Gasteiger partial charge in [0.1, 0.15) is 5.69 Å². The lowest BCUT2D eigenvalue weighted by molar-refractivity contribution is 0.415. The smallest absolute Gasteiger partial charge is 0.221 e. The second-order valence-corrected chi connectivity index (χ2v) is 6.84. The van der Waals surface area contributed by atoms with E-state index in [4.69, 9.17) is 23.2 Å². The maximum absolute atomic E-state index is 10.6. The maximum atomic E-state index is 10.6. The lowest BCUT2D eigenvalue weighted by Gasteiger charge is -2.08. The predicted octanol–water partition coefficient (Wildman–Crippen LogP) is 5.42. The normalized spacial score (nSPS) is 11.3. The van der Waals surface area contributed by atoms with E-state index in [0.717, 1.165) is 5.56 Å². The molecule has 128 valence electrons. The topological polar surface area (TPSA) is 50.4 Å². The lowest BCUT2D eigenvalue weighted by Crippen LogP contribution is -2.01. The first-order valence-electron chi connectivity index (χ1n) is 7.45. The number of hydrogen-bond acceptors (Lipinski definition) is 4. The first-order valence-corrected chi connectivity index (χ1v) is 9.43. The number of hydrogen-bond donors (Lipinski definition) is 1. The highest BCUT2D eigenvalue weighted by molar-refractivity contribution is 7.98. The van der Waals surface area contributed by atoms with E-state index in [9.17, 15) is 5.11 Å². The summed E-state index contributed by atoms with van der Waals surface area (Å²) >= 11 is 13.6. The Bertz CT molecular complexity index is 924. The fourth-order valence-electron chi connectivity index (χ4n) is 2.32. The summed E-state index contributed by atoms with van der Waals surface area (Å²) in [6.07, 6.45) is 3.44. The molecule has 0 bridgehead atoms. The van der Waals surface area contributed by atoms with Crippen LogP contribution in [-0.2, 0) is 6.54 Å². The Balaban J connectivity index is 1.92. The Hall–Kier alpha value is -1.95. The molecular formula is C18H15Cl2N3OS. The fraction of sp³-hybridized carbons (Fsp3) is 0.111. The third-order valence-electron chi connectivity index (χ3n) is 3.54. The van der Waals surface area contributed by atoms with Crippen molar-refractivity contribution in [3.8, 4) is 5.88 Å². The zero-order valence-corrected chi connectivity index (χ0v) is 15.7. The van der Waals surface area contributed by atoms with Gasteiger partial charge >= 0.3 is 0 Å². The highest BCUT2D eigenvalue weighted by Crippen LogP contribution is 2.28. The van der Waals surface area contributed by atoms with Crippen molar-refractivity contribution in [3.05, 3.63) is 69.8 Å². The van der Waals surface area contributed by atoms with Crippen molar-refractivity contribution in [2.75, 3.05) is 6.26 Å². The molecule has 0 fully saturated rings. The van der Waals surface area contributed by atoms with Crippen LogP contribution in [-0.4, -0.2) is 27.1 Å². The Kier molecular flexibility index (Phi) is 5.68. The standard InChI is InChI=1S/C18H15Cl2N3OS/c1-25-18-22-16(10-21-14-7-4-6-13(19)9-14)17(24)23(18)11-12-5-2-3-8-15(12)20/h2-10,24H,11H2,1H3. The van der Waals surface area contributed by atoms with Crippen molar-refractivity contribution in [3.63, 3.8) is 0 Å². The highest BCUT2D eigenvalue weighted by Gasteiger charge is 2.16. The molecule has 0 aliphatic carbocycles. The molecule has 0 radical (unpaired) electrons. The van der Waals surface area contributed by atoms with Crippen molar-refractivity contribution < 1.29 is 5.11 Å². The first-order chi connectivity index (χ1) is 12.1. The number of nitrogens with zero attached hydrogens (tertiary/aromatic N) is 3. The molecule has 1 heterocycles. The third kappa shape index (κ3) is 4.18. The van der Waals surface area contributed by atoms with Crippen molar-refractivity contribution in [1.29, 1.82) is 0 Å². The number of rotatable bonds is 5. The molecule has 0 aliphatic heterocycles. The van der Waals surface area contributed by atoms with Crippen LogP contribution in [0.25, 0.3) is 0 Å². The number of aromatic nitrogens is 2. The van der Waals surface area contributed by atoms with E-state index >= 15 is 0 Å². The van der Waals surface area contributed by atoms with Crippen molar-refractivity contribution in [2.24, 2.45) is 4.99 Å². The van der Waals surface area contributed by atoms with Crippen molar-refractivity contribution in [2.45, 2.75) is 11.7 Å². The predicted molar refractivity (Wildman–Crippen MR) is 105 cm³/mol. The van der Waals surface area contributed by atoms with Gasteiger partial charge in [-0.05, 0) is 36.1 Å². The van der Waals surface area contributed by atoms with Gasteiger partial charge < -0.3 is 5.11 Å². The number of halogens is 2. The van der Waals surface area contributed by atoms with Crippen LogP contribution in [0.3, 0.4) is 0 Å². The Morgan fingerprint density at radius 3 is 2.72 bits per heavy atom. The number of aliphatic imine (C=N–C) groups is 1. The van der Waals surface area contributed by atoms with Gasteiger partial charge in [0, 0.05) is 10.0 Å². The summed E-state index contributed by atoms with van der Waals surface area (Å²) in [5.74, 6) is 0.0510. The average molecular weight is 392 g/mol. The Labute approximate surface area is 160 Å². The minimum absolute atomic E-state index is 0.0510. The van der Waals surface area contributed by atoms with Crippen LogP contribution in [0.4, 0.5) is 5.69 Å². The molecule has 7 heteroatoms. The van der Waals surface area contributed by atoms with Crippen LogP contribution >= 0.6 is 35.0 Å². The van der Waals surface area contributed by atoms with Crippen LogP contribution in [0.5, 0.6) is 5.88 Å². The second-order valence-electron chi connectivity index (χ2n) is 5.22. The zero-order chi connectivity index (χ0) is 17.8. The molecule has 0 saturated heterocycles. The summed E-state index contributed by atoms with van der Waals surface area (Å²) in [7, 11) is 0. The largest absolute Gasteiger partial charge is 0.493 e. The van der Waals surface area contributed by atoms with E-state index in [-0.39, 0.29) is 5.88 Å². The van der Waals surface area contributed by atoms with E-state index in [1.54, 1.807) is 16.7 Å². The van der Waals surface area contributed by atoms with Crippen LogP contribution in [0.15, 0.2) is 58.7 Å². The highest BCUT2D eigenvalue weighted by atomic mass is 35.5. The summed E-state index contributed by atoms with van der Waals surface area (Å²) in [4.78, 5) is 8.77. The van der Waals surface area contributed by atoms with Gasteiger partial charge in [0.15, 0.2) is 5.16 Å². The molecule has 0 unspecified atom stereocenters. The third-order valence-corrected chi connectivity index (χ3v) is 4.83. The quantitative estimate of drug-likeness (QED) is 0.466. The summed E-state index contributed by atoms with van der Waals surface area (Å²) in [6.45, 7) is 0.430. The van der Waals surface area contributed by atoms with Gasteiger partial charge in [0.25, 0.3) is 0 Å². The van der Waals surface area contributed by atoms with Crippen LogP contribution in [0.2, 0.25) is 10.0 Å². The molecule has 1 N–H and O–H groups in total. The molecule has 3 rings (SSSR count). The number of thioether (sulfide) groups is 1. The molecule has 1 aromatic heterocycles.